The maximum Gasteiger partial charge on any atom is 0.255 e. The molecule has 148 valence electrons. The Hall–Kier alpha value is -1.46. The minimum atomic E-state index is -0.114. The number of benzene rings is 2. The second-order valence-electron chi connectivity index (χ2n) is 6.77. The lowest BCUT2D eigenvalue weighted by Crippen LogP contribution is -2.17. The highest BCUT2D eigenvalue weighted by molar-refractivity contribution is 6.31. The van der Waals surface area contributed by atoms with Crippen LogP contribution >= 0.6 is 36.4 Å². The lowest BCUT2D eigenvalue weighted by molar-refractivity contribution is 0.102. The summed E-state index contributed by atoms with van der Waals surface area (Å²) in [6.45, 7) is 2.15. The van der Waals surface area contributed by atoms with E-state index in [0.29, 0.717) is 22.2 Å². The minimum Gasteiger partial charge on any atom is -0.376 e. The molecule has 7 heteroatoms. The molecule has 0 radical (unpaired) electrons. The Morgan fingerprint density at radius 2 is 2.00 bits per heavy atom. The van der Waals surface area contributed by atoms with E-state index < -0.39 is 0 Å². The molecule has 1 saturated heterocycles. The van der Waals surface area contributed by atoms with Gasteiger partial charge < -0.3 is 15.5 Å². The lowest BCUT2D eigenvalue weighted by atomic mass is 9.97. The highest BCUT2D eigenvalue weighted by Gasteiger charge is 2.16. The van der Waals surface area contributed by atoms with Crippen molar-refractivity contribution >= 4 is 53.7 Å². The first-order valence-electron chi connectivity index (χ1n) is 8.61. The molecule has 0 aromatic heterocycles. The molecule has 2 aromatic rings. The average Bonchev–Trinajstić information content (AvgIpc) is 3.08. The Morgan fingerprint density at radius 1 is 1.22 bits per heavy atom. The predicted molar refractivity (Wildman–Crippen MR) is 119 cm³/mol. The van der Waals surface area contributed by atoms with Crippen LogP contribution in [0.4, 0.5) is 11.4 Å². The van der Waals surface area contributed by atoms with Crippen LogP contribution in [0.25, 0.3) is 0 Å². The van der Waals surface area contributed by atoms with E-state index in [9.17, 15) is 4.79 Å². The van der Waals surface area contributed by atoms with Crippen LogP contribution in [0.5, 0.6) is 0 Å². The highest BCUT2D eigenvalue weighted by Crippen LogP contribution is 2.28. The van der Waals surface area contributed by atoms with E-state index in [1.807, 2.05) is 49.3 Å². The van der Waals surface area contributed by atoms with Gasteiger partial charge in [-0.3, -0.25) is 4.79 Å². The summed E-state index contributed by atoms with van der Waals surface area (Å²) < 4.78 is 0. The summed E-state index contributed by atoms with van der Waals surface area (Å²) >= 11 is 6.10. The molecular formula is C20H26Cl3N3O. The van der Waals surface area contributed by atoms with Crippen LogP contribution in [-0.4, -0.2) is 33.1 Å². The molecule has 1 atom stereocenters. The first-order chi connectivity index (χ1) is 12.0. The third kappa shape index (κ3) is 6.28. The van der Waals surface area contributed by atoms with Gasteiger partial charge in [-0.25, -0.2) is 0 Å². The Bertz CT molecular complexity index is 762. The summed E-state index contributed by atoms with van der Waals surface area (Å²) in [5, 5.41) is 6.98. The molecule has 1 aliphatic rings. The van der Waals surface area contributed by atoms with E-state index in [1.165, 1.54) is 12.0 Å². The Labute approximate surface area is 178 Å². The number of nitrogens with zero attached hydrogens (tertiary/aromatic N) is 1. The van der Waals surface area contributed by atoms with Crippen molar-refractivity contribution in [3.8, 4) is 0 Å². The number of anilines is 2. The van der Waals surface area contributed by atoms with Gasteiger partial charge in [0.15, 0.2) is 0 Å². The van der Waals surface area contributed by atoms with Crippen molar-refractivity contribution in [2.75, 3.05) is 37.4 Å². The molecule has 27 heavy (non-hydrogen) atoms. The van der Waals surface area contributed by atoms with Gasteiger partial charge in [0.1, 0.15) is 0 Å². The Balaban J connectivity index is 0.00000182. The van der Waals surface area contributed by atoms with Crippen molar-refractivity contribution in [3.05, 3.63) is 58.6 Å². The number of rotatable bonds is 5. The number of halogens is 3. The zero-order valence-corrected chi connectivity index (χ0v) is 17.9. The summed E-state index contributed by atoms with van der Waals surface area (Å²) in [5.74, 6) is 0.545. The van der Waals surface area contributed by atoms with E-state index in [4.69, 9.17) is 11.6 Å². The number of carbonyl (C=O) groups excluding carboxylic acids is 1. The van der Waals surface area contributed by atoms with Crippen molar-refractivity contribution in [2.24, 2.45) is 5.92 Å². The molecule has 0 bridgehead atoms. The molecule has 0 spiro atoms. The first-order valence-corrected chi connectivity index (χ1v) is 8.98. The summed E-state index contributed by atoms with van der Waals surface area (Å²) in [7, 11) is 3.88. The summed E-state index contributed by atoms with van der Waals surface area (Å²) in [6, 6.07) is 13.4. The van der Waals surface area contributed by atoms with Gasteiger partial charge in [-0.1, -0.05) is 23.7 Å². The summed E-state index contributed by atoms with van der Waals surface area (Å²) in [6.07, 6.45) is 2.21. The molecule has 1 heterocycles. The van der Waals surface area contributed by atoms with E-state index in [1.54, 1.807) is 6.07 Å². The van der Waals surface area contributed by atoms with Gasteiger partial charge in [0.2, 0.25) is 0 Å². The van der Waals surface area contributed by atoms with Gasteiger partial charge in [0.05, 0.1) is 11.4 Å². The number of amides is 1. The SMILES string of the molecule is CN(C)c1ccc(Cl)cc1NC(=O)c1cccc(CC2CCNC2)c1.Cl.Cl. The van der Waals surface area contributed by atoms with E-state index in [-0.39, 0.29) is 30.7 Å². The quantitative estimate of drug-likeness (QED) is 0.725. The predicted octanol–water partition coefficient (Wildman–Crippen LogP) is 4.65. The molecule has 4 nitrogen and oxygen atoms in total. The molecule has 1 unspecified atom stereocenters. The van der Waals surface area contributed by atoms with E-state index >= 15 is 0 Å². The van der Waals surface area contributed by atoms with E-state index in [2.05, 4.69) is 16.7 Å². The molecule has 2 aromatic carbocycles. The van der Waals surface area contributed by atoms with Crippen LogP contribution in [0.1, 0.15) is 22.3 Å². The van der Waals surface area contributed by atoms with Gasteiger partial charge in [-0.15, -0.1) is 24.8 Å². The fraction of sp³-hybridized carbons (Fsp3) is 0.350. The van der Waals surface area contributed by atoms with Crippen LogP contribution in [0.3, 0.4) is 0 Å². The van der Waals surface area contributed by atoms with Crippen molar-refractivity contribution in [3.63, 3.8) is 0 Å². The number of nitrogens with one attached hydrogen (secondary N) is 2. The van der Waals surface area contributed by atoms with Crippen molar-refractivity contribution in [2.45, 2.75) is 12.8 Å². The third-order valence-corrected chi connectivity index (χ3v) is 4.80. The van der Waals surface area contributed by atoms with Crippen LogP contribution in [0, 0.1) is 5.92 Å². The summed E-state index contributed by atoms with van der Waals surface area (Å²) in [5.41, 5.74) is 3.52. The van der Waals surface area contributed by atoms with Crippen LogP contribution in [0.2, 0.25) is 5.02 Å². The zero-order valence-electron chi connectivity index (χ0n) is 15.5. The van der Waals surface area contributed by atoms with Gasteiger partial charge in [-0.05, 0) is 67.7 Å². The molecular weight excluding hydrogens is 405 g/mol. The molecule has 2 N–H and O–H groups in total. The average molecular weight is 431 g/mol. The van der Waals surface area contributed by atoms with Crippen LogP contribution in [-0.2, 0) is 6.42 Å². The molecule has 1 fully saturated rings. The first kappa shape index (κ1) is 23.6. The normalized spacial score (nSPS) is 15.4. The summed E-state index contributed by atoms with van der Waals surface area (Å²) in [4.78, 5) is 14.7. The molecule has 0 aliphatic carbocycles. The minimum absolute atomic E-state index is 0. The molecule has 1 amide bonds. The maximum atomic E-state index is 12.7. The lowest BCUT2D eigenvalue weighted by Gasteiger charge is -2.18. The Morgan fingerprint density at radius 3 is 2.67 bits per heavy atom. The Kier molecular flexibility index (Phi) is 9.40. The zero-order chi connectivity index (χ0) is 17.8. The van der Waals surface area contributed by atoms with Crippen molar-refractivity contribution in [1.82, 2.24) is 5.32 Å². The van der Waals surface area contributed by atoms with Gasteiger partial charge >= 0.3 is 0 Å². The fourth-order valence-corrected chi connectivity index (χ4v) is 3.43. The van der Waals surface area contributed by atoms with Gasteiger partial charge in [0.25, 0.3) is 5.91 Å². The standard InChI is InChI=1S/C20H24ClN3O.2ClH/c1-24(2)19-7-6-17(21)12-18(19)23-20(25)16-5-3-4-14(11-16)10-15-8-9-22-13-15;;/h3-7,11-12,15,22H,8-10,13H2,1-2H3,(H,23,25);2*1H. The second-order valence-corrected chi connectivity index (χ2v) is 7.21. The van der Waals surface area contributed by atoms with Crippen LogP contribution in [0.15, 0.2) is 42.5 Å². The molecule has 3 rings (SSSR count). The van der Waals surface area contributed by atoms with E-state index in [0.717, 1.165) is 25.2 Å². The molecule has 0 saturated carbocycles. The van der Waals surface area contributed by atoms with Gasteiger partial charge in [-0.2, -0.15) is 0 Å². The largest absolute Gasteiger partial charge is 0.376 e. The van der Waals surface area contributed by atoms with Gasteiger partial charge in [0, 0.05) is 24.7 Å². The number of hydrogen-bond donors (Lipinski definition) is 2. The highest BCUT2D eigenvalue weighted by atomic mass is 35.5. The topological polar surface area (TPSA) is 44.4 Å². The van der Waals surface area contributed by atoms with Crippen molar-refractivity contribution < 1.29 is 4.79 Å². The smallest absolute Gasteiger partial charge is 0.255 e. The number of carbonyl (C=O) groups is 1. The van der Waals surface area contributed by atoms with Crippen molar-refractivity contribution in [1.29, 1.82) is 0 Å². The fourth-order valence-electron chi connectivity index (χ4n) is 3.25. The van der Waals surface area contributed by atoms with Crippen LogP contribution < -0.4 is 15.5 Å². The second kappa shape index (κ2) is 10.8. The number of hydrogen-bond acceptors (Lipinski definition) is 3. The molecule has 1 aliphatic heterocycles. The third-order valence-electron chi connectivity index (χ3n) is 4.56. The monoisotopic (exact) mass is 429 g/mol. The maximum absolute atomic E-state index is 12.7.